The fourth-order valence-corrected chi connectivity index (χ4v) is 13.6. The van der Waals surface area contributed by atoms with Gasteiger partial charge in [0.15, 0.2) is 0 Å². The number of esters is 1. The zero-order valence-corrected chi connectivity index (χ0v) is 31.4. The van der Waals surface area contributed by atoms with Crippen molar-refractivity contribution in [3.05, 3.63) is 70.3 Å². The second kappa shape index (κ2) is 12.1. The lowest BCUT2D eigenvalue weighted by Crippen LogP contribution is -2.82. The lowest BCUT2D eigenvalue weighted by Gasteiger charge is -2.70. The van der Waals surface area contributed by atoms with Crippen LogP contribution >= 0.6 is 0 Å². The monoisotopic (exact) mass is 729 g/mol. The molecule has 12 heteroatoms. The minimum absolute atomic E-state index is 0.0500. The van der Waals surface area contributed by atoms with E-state index in [2.05, 4.69) is 16.8 Å². The van der Waals surface area contributed by atoms with Crippen molar-refractivity contribution in [2.24, 2.45) is 34.5 Å². The number of carbonyl (C=O) groups is 1. The molecule has 1 aliphatic heterocycles. The number of hydrogen-bond acceptors (Lipinski definition) is 11. The fourth-order valence-electron chi connectivity index (χ4n) is 13.6. The van der Waals surface area contributed by atoms with Crippen LogP contribution in [0.1, 0.15) is 48.8 Å². The number of carbonyl (C=O) groups excluding carboxylic acids is 1. The molecule has 6 fully saturated rings. The van der Waals surface area contributed by atoms with Gasteiger partial charge in [0.05, 0.1) is 59.2 Å². The molecular formula is C41H51N3O9. The zero-order valence-electron chi connectivity index (χ0n) is 31.4. The maximum atomic E-state index is 14.4. The molecule has 9 rings (SSSR count). The summed E-state index contributed by atoms with van der Waals surface area (Å²) < 4.78 is 33.2. The van der Waals surface area contributed by atoms with Crippen LogP contribution in [0.4, 0.5) is 0 Å². The van der Waals surface area contributed by atoms with E-state index in [0.29, 0.717) is 48.3 Å². The molecule has 284 valence electrons. The molecule has 1 aromatic heterocycles. The van der Waals surface area contributed by atoms with Crippen LogP contribution in [0.3, 0.4) is 0 Å². The van der Waals surface area contributed by atoms with Crippen LogP contribution in [0.2, 0.25) is 0 Å². The molecule has 2 aromatic carbocycles. The van der Waals surface area contributed by atoms with Crippen LogP contribution < -0.4 is 5.56 Å². The molecule has 0 radical (unpaired) electrons. The van der Waals surface area contributed by atoms with Crippen molar-refractivity contribution in [3.63, 3.8) is 0 Å². The minimum atomic E-state index is -1.69. The lowest BCUT2D eigenvalue weighted by atomic mass is 9.42. The standard InChI is InChI=1S/C41H51N3O9/c1-7-43-20-38(21-53-36(46)24-13-9-11-15-28(24)44-22(2)42-27-14-10-8-12-23(27)35(44)45)17-16-30(50-4)40-26-18-25-29(49-3)19-39(47,31(26)32(25)51-5)41(48,37(40)43)34(52-6)33(38)40/h8-15,25-26,29-34,37,47-48H,7,16-21H2,1-6H3/t25-,26-,29+,30+,31-,32+,33-,34+,37-,38+,39-,40+,41+/m1/s1. The third kappa shape index (κ3) is 4.18. The lowest BCUT2D eigenvalue weighted by molar-refractivity contribution is -0.320. The second-order valence-electron chi connectivity index (χ2n) is 16.6. The average Bonchev–Trinajstić information content (AvgIpc) is 3.58. The first-order valence-corrected chi connectivity index (χ1v) is 19.1. The summed E-state index contributed by atoms with van der Waals surface area (Å²) in [5.74, 6) is -0.759. The topological polar surface area (TPSA) is 142 Å². The smallest absolute Gasteiger partial charge is 0.340 e. The summed E-state index contributed by atoms with van der Waals surface area (Å²) in [7, 11) is 6.76. The maximum absolute atomic E-state index is 14.4. The average molecular weight is 730 g/mol. The highest BCUT2D eigenvalue weighted by molar-refractivity contribution is 5.93. The van der Waals surface area contributed by atoms with Gasteiger partial charge in [0.1, 0.15) is 17.0 Å². The first-order valence-electron chi connectivity index (χ1n) is 19.1. The zero-order chi connectivity index (χ0) is 37.2. The Bertz CT molecular complexity index is 2020. The fraction of sp³-hybridized carbons (Fsp3) is 0.634. The number of likely N-dealkylation sites (N-methyl/N-ethyl adjacent to an activating group) is 1. The SMILES string of the molecule is CCN1C[C@]2(COC(=O)c3ccccc3-n3c(C)nc4ccccc4c3=O)CC[C@H](OC)[C@]34[C@@H]5C[C@H]6[C@H](OC)[C@@H]5[C@](O)(C[C@@H]6OC)[C@@](O)([C@H]13)[C@@H](OC)[C@H]24. The number of aromatic nitrogens is 2. The number of piperidine rings is 1. The van der Waals surface area contributed by atoms with Crippen LogP contribution in [-0.4, -0.2) is 120 Å². The predicted molar refractivity (Wildman–Crippen MR) is 194 cm³/mol. The van der Waals surface area contributed by atoms with Crippen molar-refractivity contribution in [1.82, 2.24) is 14.5 Å². The first-order chi connectivity index (χ1) is 25.5. The number of rotatable bonds is 9. The van der Waals surface area contributed by atoms with E-state index in [-0.39, 0.29) is 66.1 Å². The summed E-state index contributed by atoms with van der Waals surface area (Å²) >= 11 is 0. The van der Waals surface area contributed by atoms with Gasteiger partial charge >= 0.3 is 5.97 Å². The van der Waals surface area contributed by atoms with E-state index in [9.17, 15) is 19.8 Å². The molecule has 2 heterocycles. The van der Waals surface area contributed by atoms with Crippen LogP contribution in [0, 0.1) is 41.4 Å². The van der Waals surface area contributed by atoms with E-state index in [1.54, 1.807) is 77.8 Å². The summed E-state index contributed by atoms with van der Waals surface area (Å²) in [6.07, 6.45) is 0.815. The number of para-hydroxylation sites is 2. The van der Waals surface area contributed by atoms with E-state index in [1.165, 1.54) is 4.57 Å². The highest BCUT2D eigenvalue weighted by atomic mass is 16.5. The van der Waals surface area contributed by atoms with Gasteiger partial charge in [-0.3, -0.25) is 14.3 Å². The van der Waals surface area contributed by atoms with E-state index < -0.39 is 40.1 Å². The van der Waals surface area contributed by atoms with Crippen molar-refractivity contribution in [2.75, 3.05) is 48.1 Å². The Hall–Kier alpha value is -3.23. The van der Waals surface area contributed by atoms with E-state index in [0.717, 1.165) is 6.42 Å². The van der Waals surface area contributed by atoms with Crippen molar-refractivity contribution in [2.45, 2.75) is 81.2 Å². The molecule has 2 N–H and O–H groups in total. The van der Waals surface area contributed by atoms with Crippen molar-refractivity contribution < 1.29 is 38.7 Å². The van der Waals surface area contributed by atoms with Crippen LogP contribution in [0.15, 0.2) is 53.3 Å². The molecule has 13 atom stereocenters. The van der Waals surface area contributed by atoms with Crippen LogP contribution in [0.25, 0.3) is 16.6 Å². The molecule has 53 heavy (non-hydrogen) atoms. The first kappa shape index (κ1) is 35.5. The number of likely N-dealkylation sites (tertiary alicyclic amines) is 1. The number of nitrogens with zero attached hydrogens (tertiary/aromatic N) is 3. The molecular weight excluding hydrogens is 678 g/mol. The summed E-state index contributed by atoms with van der Waals surface area (Å²) in [6, 6.07) is 13.7. The highest BCUT2D eigenvalue weighted by Crippen LogP contribution is 2.80. The largest absolute Gasteiger partial charge is 0.461 e. The maximum Gasteiger partial charge on any atom is 0.340 e. The summed E-state index contributed by atoms with van der Waals surface area (Å²) in [4.78, 5) is 35.2. The predicted octanol–water partition coefficient (Wildman–Crippen LogP) is 3.14. The molecule has 5 saturated carbocycles. The molecule has 7 bridgehead atoms. The van der Waals surface area contributed by atoms with E-state index in [4.69, 9.17) is 23.7 Å². The Morgan fingerprint density at radius 2 is 1.75 bits per heavy atom. The Morgan fingerprint density at radius 1 is 1.00 bits per heavy atom. The number of fused-ring (bicyclic) bond motifs is 3. The summed E-state index contributed by atoms with van der Waals surface area (Å²) in [6.45, 7) is 5.08. The van der Waals surface area contributed by atoms with Gasteiger partial charge < -0.3 is 33.9 Å². The third-order valence-corrected chi connectivity index (χ3v) is 15.1. The number of methoxy groups -OCH3 is 4. The molecule has 12 nitrogen and oxygen atoms in total. The van der Waals surface area contributed by atoms with E-state index in [1.807, 2.05) is 6.07 Å². The number of hydrogen-bond donors (Lipinski definition) is 2. The quantitative estimate of drug-likeness (QED) is 0.314. The Balaban J connectivity index is 1.15. The molecule has 5 aliphatic carbocycles. The molecule has 6 aliphatic rings. The Kier molecular flexibility index (Phi) is 8.12. The molecule has 1 spiro atoms. The summed E-state index contributed by atoms with van der Waals surface area (Å²) in [5, 5.41) is 27.2. The van der Waals surface area contributed by atoms with Gasteiger partial charge in [-0.25, -0.2) is 9.78 Å². The molecule has 3 aromatic rings. The van der Waals surface area contributed by atoms with Gasteiger partial charge in [0, 0.05) is 70.0 Å². The van der Waals surface area contributed by atoms with Crippen molar-refractivity contribution >= 4 is 16.9 Å². The van der Waals surface area contributed by atoms with Gasteiger partial charge in [-0.15, -0.1) is 0 Å². The second-order valence-corrected chi connectivity index (χ2v) is 16.6. The van der Waals surface area contributed by atoms with Gasteiger partial charge in [-0.1, -0.05) is 31.2 Å². The van der Waals surface area contributed by atoms with Crippen LogP contribution in [0.5, 0.6) is 0 Å². The van der Waals surface area contributed by atoms with Gasteiger partial charge in [-0.05, 0) is 62.9 Å². The van der Waals surface area contributed by atoms with Crippen LogP contribution in [-0.2, 0) is 23.7 Å². The Morgan fingerprint density at radius 3 is 2.47 bits per heavy atom. The Labute approximate surface area is 309 Å². The number of aliphatic hydroxyl groups is 2. The van der Waals surface area contributed by atoms with Crippen molar-refractivity contribution in [3.8, 4) is 5.69 Å². The molecule has 1 saturated heterocycles. The van der Waals surface area contributed by atoms with Crippen molar-refractivity contribution in [1.29, 1.82) is 0 Å². The number of benzene rings is 2. The normalized spacial score (nSPS) is 42.2. The summed E-state index contributed by atoms with van der Waals surface area (Å²) in [5.41, 5.74) is -3.52. The van der Waals surface area contributed by atoms with Gasteiger partial charge in [0.2, 0.25) is 0 Å². The third-order valence-electron chi connectivity index (χ3n) is 15.1. The van der Waals surface area contributed by atoms with Gasteiger partial charge in [-0.2, -0.15) is 0 Å². The number of aryl methyl sites for hydroxylation is 1. The highest BCUT2D eigenvalue weighted by Gasteiger charge is 2.91. The number of ether oxygens (including phenoxy) is 5. The minimum Gasteiger partial charge on any atom is -0.461 e. The van der Waals surface area contributed by atoms with E-state index >= 15 is 0 Å². The molecule has 0 amide bonds. The van der Waals surface area contributed by atoms with Gasteiger partial charge in [0.25, 0.3) is 5.56 Å². The molecule has 0 unspecified atom stereocenters.